The summed E-state index contributed by atoms with van der Waals surface area (Å²) in [5, 5.41) is 15.8. The number of amides is 1. The van der Waals surface area contributed by atoms with E-state index in [9.17, 15) is 27.6 Å². The summed E-state index contributed by atoms with van der Waals surface area (Å²) in [7, 11) is 1.72. The minimum atomic E-state index is -4.44. The van der Waals surface area contributed by atoms with Crippen LogP contribution in [-0.4, -0.2) is 83.6 Å². The number of hydrogen-bond donors (Lipinski definition) is 2. The van der Waals surface area contributed by atoms with Crippen molar-refractivity contribution in [2.24, 2.45) is 17.3 Å². The fourth-order valence-electron chi connectivity index (χ4n) is 6.64. The van der Waals surface area contributed by atoms with E-state index in [1.807, 2.05) is 0 Å². The van der Waals surface area contributed by atoms with Crippen molar-refractivity contribution >= 4 is 17.8 Å². The van der Waals surface area contributed by atoms with E-state index in [2.05, 4.69) is 4.98 Å². The molecule has 0 bridgehead atoms. The van der Waals surface area contributed by atoms with Crippen molar-refractivity contribution < 1.29 is 52.0 Å². The Bertz CT molecular complexity index is 1100. The molecule has 5 rings (SSSR count). The maximum Gasteiger partial charge on any atom is 0.417 e. The third-order valence-corrected chi connectivity index (χ3v) is 8.70. The molecule has 1 amide bonds. The van der Waals surface area contributed by atoms with Gasteiger partial charge in [-0.2, -0.15) is 13.2 Å². The molecule has 5 atom stereocenters. The number of halogens is 3. The van der Waals surface area contributed by atoms with Crippen LogP contribution in [-0.2, 0) is 47.7 Å². The Kier molecular flexibility index (Phi) is 9.91. The maximum absolute atomic E-state index is 13.8. The van der Waals surface area contributed by atoms with Crippen molar-refractivity contribution in [2.45, 2.75) is 76.3 Å². The summed E-state index contributed by atoms with van der Waals surface area (Å²) in [6.07, 6.45) is 0.541. The van der Waals surface area contributed by atoms with Crippen molar-refractivity contribution in [3.63, 3.8) is 0 Å². The number of aliphatic carboxylic acids is 2. The zero-order valence-electron chi connectivity index (χ0n) is 23.0. The standard InChI is InChI=1S/C24H31F3N2O4.C4H6O4/c1-31-20-14-32-6-3-16(20)8-15-9-21-23(11-15,4-7-33-21)22(30)29-5-2-19-17(13-29)10-18(12-28-19)24(25,26)27;5-3(6)1-2-4(7)8/h10,12,15-16,20-21H,2-9,11,13-14H2,1H3;1-2H2,(H,5,6)(H,7,8)/t15?,16-,20?,21-,23-;/m1./s1. The summed E-state index contributed by atoms with van der Waals surface area (Å²) >= 11 is 0. The molecule has 1 aromatic rings. The molecule has 3 aliphatic heterocycles. The van der Waals surface area contributed by atoms with Crippen LogP contribution in [0.4, 0.5) is 13.2 Å². The number of nitrogens with zero attached hydrogens (tertiary/aromatic N) is 2. The lowest BCUT2D eigenvalue weighted by Gasteiger charge is -2.37. The normalized spacial score (nSPS) is 29.2. The summed E-state index contributed by atoms with van der Waals surface area (Å²) in [5.74, 6) is -1.34. The number of carbonyl (C=O) groups is 3. The highest BCUT2D eigenvalue weighted by molar-refractivity contribution is 5.84. The second-order valence-electron chi connectivity index (χ2n) is 11.3. The number of methoxy groups -OCH3 is 1. The highest BCUT2D eigenvalue weighted by atomic mass is 19.4. The predicted molar refractivity (Wildman–Crippen MR) is 137 cm³/mol. The van der Waals surface area contributed by atoms with Crippen LogP contribution in [0.3, 0.4) is 0 Å². The Morgan fingerprint density at radius 1 is 1.20 bits per heavy atom. The molecule has 2 saturated heterocycles. The number of rotatable bonds is 7. The van der Waals surface area contributed by atoms with Gasteiger partial charge in [0.25, 0.3) is 0 Å². The zero-order chi connectivity index (χ0) is 29.8. The smallest absolute Gasteiger partial charge is 0.417 e. The van der Waals surface area contributed by atoms with Crippen LogP contribution in [0, 0.1) is 17.3 Å². The molecule has 13 heteroatoms. The first-order valence-corrected chi connectivity index (χ1v) is 13.9. The minimum absolute atomic E-state index is 0.0332. The van der Waals surface area contributed by atoms with Gasteiger partial charge in [0.1, 0.15) is 0 Å². The number of fused-ring (bicyclic) bond motifs is 2. The molecule has 228 valence electrons. The minimum Gasteiger partial charge on any atom is -0.481 e. The lowest BCUT2D eigenvalue weighted by molar-refractivity contribution is -0.145. The topological polar surface area (TPSA) is 135 Å². The molecule has 1 aromatic heterocycles. The number of ether oxygens (including phenoxy) is 3. The third-order valence-electron chi connectivity index (χ3n) is 8.70. The van der Waals surface area contributed by atoms with Crippen molar-refractivity contribution in [3.8, 4) is 0 Å². The number of carbonyl (C=O) groups excluding carboxylic acids is 1. The molecule has 0 aromatic carbocycles. The molecule has 0 spiro atoms. The van der Waals surface area contributed by atoms with E-state index in [0.717, 1.165) is 44.6 Å². The highest BCUT2D eigenvalue weighted by Crippen LogP contribution is 2.53. The zero-order valence-corrected chi connectivity index (χ0v) is 23.0. The molecular formula is C28H37F3N2O8. The van der Waals surface area contributed by atoms with Gasteiger partial charge >= 0.3 is 18.1 Å². The lowest BCUT2D eigenvalue weighted by Crippen LogP contribution is -2.48. The molecule has 1 aliphatic carbocycles. The first kappa shape index (κ1) is 31.2. The molecule has 2 N–H and O–H groups in total. The average Bonchev–Trinajstić information content (AvgIpc) is 3.49. The number of alkyl halides is 3. The molecule has 4 aliphatic rings. The molecule has 1 saturated carbocycles. The number of aromatic nitrogens is 1. The Hall–Kier alpha value is -2.77. The van der Waals surface area contributed by atoms with E-state index in [0.29, 0.717) is 55.7 Å². The Balaban J connectivity index is 0.000000426. The van der Waals surface area contributed by atoms with Crippen LogP contribution in [0.1, 0.15) is 61.8 Å². The van der Waals surface area contributed by atoms with E-state index in [1.165, 1.54) is 0 Å². The van der Waals surface area contributed by atoms with E-state index in [4.69, 9.17) is 24.4 Å². The van der Waals surface area contributed by atoms with Gasteiger partial charge in [0.15, 0.2) is 0 Å². The summed E-state index contributed by atoms with van der Waals surface area (Å²) in [6.45, 7) is 2.57. The van der Waals surface area contributed by atoms with Gasteiger partial charge in [-0.15, -0.1) is 0 Å². The maximum atomic E-state index is 13.8. The number of hydrogen-bond acceptors (Lipinski definition) is 7. The van der Waals surface area contributed by atoms with Crippen LogP contribution in [0.2, 0.25) is 0 Å². The van der Waals surface area contributed by atoms with Crippen molar-refractivity contribution in [2.75, 3.05) is 33.5 Å². The summed E-state index contributed by atoms with van der Waals surface area (Å²) in [4.78, 5) is 38.9. The van der Waals surface area contributed by atoms with Gasteiger partial charge in [0.2, 0.25) is 5.91 Å². The quantitative estimate of drug-likeness (QED) is 0.492. The monoisotopic (exact) mass is 586 g/mol. The third kappa shape index (κ3) is 7.36. The van der Waals surface area contributed by atoms with Gasteiger partial charge in [-0.25, -0.2) is 0 Å². The molecule has 3 fully saturated rings. The fraction of sp³-hybridized carbons (Fsp3) is 0.714. The Morgan fingerprint density at radius 2 is 1.93 bits per heavy atom. The first-order chi connectivity index (χ1) is 19.4. The van der Waals surface area contributed by atoms with Gasteiger partial charge in [-0.1, -0.05) is 0 Å². The van der Waals surface area contributed by atoms with Gasteiger partial charge in [0, 0.05) is 51.7 Å². The first-order valence-electron chi connectivity index (χ1n) is 13.9. The van der Waals surface area contributed by atoms with E-state index in [1.54, 1.807) is 12.0 Å². The SMILES string of the molecule is COC1COCC[C@@H]1CC1C[C@H]2OCC[C@@]2(C(=O)N2CCc3ncc(C(F)(F)F)cc3C2)C1.O=C(O)CCC(=O)O. The van der Waals surface area contributed by atoms with Crippen LogP contribution < -0.4 is 0 Å². The molecule has 10 nitrogen and oxygen atoms in total. The van der Waals surface area contributed by atoms with Crippen LogP contribution in [0.15, 0.2) is 12.3 Å². The Labute approximate surface area is 236 Å². The molecule has 0 radical (unpaired) electrons. The van der Waals surface area contributed by atoms with Crippen LogP contribution in [0.25, 0.3) is 0 Å². The number of carboxylic acids is 2. The van der Waals surface area contributed by atoms with E-state index >= 15 is 0 Å². The molecule has 41 heavy (non-hydrogen) atoms. The van der Waals surface area contributed by atoms with E-state index in [-0.39, 0.29) is 37.5 Å². The largest absolute Gasteiger partial charge is 0.481 e. The van der Waals surface area contributed by atoms with Gasteiger partial charge < -0.3 is 29.3 Å². The Morgan fingerprint density at radius 3 is 2.59 bits per heavy atom. The molecular weight excluding hydrogens is 549 g/mol. The molecule has 2 unspecified atom stereocenters. The van der Waals surface area contributed by atoms with Gasteiger partial charge in [0.05, 0.1) is 42.6 Å². The highest BCUT2D eigenvalue weighted by Gasteiger charge is 2.57. The number of carboxylic acid groups (broad SMARTS) is 2. The van der Waals surface area contributed by atoms with E-state index < -0.39 is 29.1 Å². The summed E-state index contributed by atoms with van der Waals surface area (Å²) < 4.78 is 56.7. The predicted octanol–water partition coefficient (Wildman–Crippen LogP) is 3.55. The van der Waals surface area contributed by atoms with Crippen molar-refractivity contribution in [3.05, 3.63) is 29.1 Å². The summed E-state index contributed by atoms with van der Waals surface area (Å²) in [5.41, 5.74) is -0.180. The van der Waals surface area contributed by atoms with Gasteiger partial charge in [-0.05, 0) is 55.6 Å². The van der Waals surface area contributed by atoms with Crippen LogP contribution >= 0.6 is 0 Å². The second-order valence-corrected chi connectivity index (χ2v) is 11.3. The fourth-order valence-corrected chi connectivity index (χ4v) is 6.64. The van der Waals surface area contributed by atoms with Gasteiger partial charge in [-0.3, -0.25) is 19.4 Å². The lowest BCUT2D eigenvalue weighted by atomic mass is 9.78. The van der Waals surface area contributed by atoms with Crippen molar-refractivity contribution in [1.82, 2.24) is 9.88 Å². The molecule has 4 heterocycles. The second kappa shape index (κ2) is 13.0. The van der Waals surface area contributed by atoms with Crippen molar-refractivity contribution in [1.29, 1.82) is 0 Å². The number of pyridine rings is 1. The van der Waals surface area contributed by atoms with Crippen LogP contribution in [0.5, 0.6) is 0 Å². The average molecular weight is 587 g/mol. The summed E-state index contributed by atoms with van der Waals surface area (Å²) in [6, 6.07) is 1.15.